The van der Waals surface area contributed by atoms with Gasteiger partial charge in [0.05, 0.1) is 46.5 Å². The summed E-state index contributed by atoms with van der Waals surface area (Å²) in [5.41, 5.74) is 1.03. The third-order valence-electron chi connectivity index (χ3n) is 4.06. The number of rotatable bonds is 6. The Hall–Kier alpha value is -2.58. The van der Waals surface area contributed by atoms with Crippen molar-refractivity contribution in [2.75, 3.05) is 25.3 Å². The first kappa shape index (κ1) is 19.2. The molecule has 0 radical (unpaired) electrons. The average Bonchev–Trinajstić information content (AvgIpc) is 2.68. The number of nitrogens with zero attached hydrogens (tertiary/aromatic N) is 2. The highest BCUT2D eigenvalue weighted by Gasteiger charge is 2.16. The molecule has 0 aliphatic rings. The molecule has 0 aliphatic carbocycles. The van der Waals surface area contributed by atoms with E-state index in [4.69, 9.17) is 21.1 Å². The van der Waals surface area contributed by atoms with Gasteiger partial charge in [0, 0.05) is 12.1 Å². The second-order valence-corrected chi connectivity index (χ2v) is 8.30. The molecule has 142 valence electrons. The van der Waals surface area contributed by atoms with Gasteiger partial charge in [0.2, 0.25) is 0 Å². The van der Waals surface area contributed by atoms with E-state index in [2.05, 4.69) is 15.3 Å². The van der Waals surface area contributed by atoms with Crippen molar-refractivity contribution in [1.29, 1.82) is 0 Å². The zero-order chi connectivity index (χ0) is 19.6. The van der Waals surface area contributed by atoms with Crippen molar-refractivity contribution in [3.05, 3.63) is 41.7 Å². The van der Waals surface area contributed by atoms with E-state index in [-0.39, 0.29) is 10.6 Å². The standard InChI is InChI=1S/C18H18ClN3O4S/c1-4-27(23,24)12-5-6-13(19)14(9-12)22-18-17-15(20-10-21-18)7-11(25-2)8-16(17)26-3/h5-10H,4H2,1-3H3,(H,20,21,22). The molecule has 27 heavy (non-hydrogen) atoms. The van der Waals surface area contributed by atoms with Crippen molar-refractivity contribution in [1.82, 2.24) is 9.97 Å². The topological polar surface area (TPSA) is 90.4 Å². The maximum absolute atomic E-state index is 12.2. The molecular formula is C18H18ClN3O4S. The molecule has 9 heteroatoms. The summed E-state index contributed by atoms with van der Waals surface area (Å²) in [6, 6.07) is 7.98. The first-order chi connectivity index (χ1) is 12.9. The third kappa shape index (κ3) is 3.77. The first-order valence-electron chi connectivity index (χ1n) is 8.05. The molecule has 1 N–H and O–H groups in total. The van der Waals surface area contributed by atoms with Crippen molar-refractivity contribution in [3.63, 3.8) is 0 Å². The number of hydrogen-bond acceptors (Lipinski definition) is 7. The van der Waals surface area contributed by atoms with Crippen LogP contribution >= 0.6 is 11.6 Å². The highest BCUT2D eigenvalue weighted by atomic mass is 35.5. The molecule has 3 rings (SSSR count). The van der Waals surface area contributed by atoms with Gasteiger partial charge < -0.3 is 14.8 Å². The Balaban J connectivity index is 2.14. The molecule has 0 aliphatic heterocycles. The van der Waals surface area contributed by atoms with Gasteiger partial charge in [-0.2, -0.15) is 0 Å². The summed E-state index contributed by atoms with van der Waals surface area (Å²) in [5, 5.41) is 4.09. The van der Waals surface area contributed by atoms with Crippen LogP contribution in [0.2, 0.25) is 5.02 Å². The van der Waals surface area contributed by atoms with Gasteiger partial charge in [-0.05, 0) is 18.2 Å². The van der Waals surface area contributed by atoms with E-state index < -0.39 is 9.84 Å². The zero-order valence-electron chi connectivity index (χ0n) is 15.0. The highest BCUT2D eigenvalue weighted by Crippen LogP contribution is 2.36. The zero-order valence-corrected chi connectivity index (χ0v) is 16.6. The van der Waals surface area contributed by atoms with Crippen LogP contribution in [0.25, 0.3) is 10.9 Å². The van der Waals surface area contributed by atoms with Gasteiger partial charge in [-0.15, -0.1) is 0 Å². The number of sulfone groups is 1. The maximum Gasteiger partial charge on any atom is 0.178 e. The van der Waals surface area contributed by atoms with Gasteiger partial charge in [0.15, 0.2) is 9.84 Å². The van der Waals surface area contributed by atoms with Crippen LogP contribution in [0.5, 0.6) is 11.5 Å². The van der Waals surface area contributed by atoms with E-state index in [0.717, 1.165) is 0 Å². The fraction of sp³-hybridized carbons (Fsp3) is 0.222. The highest BCUT2D eigenvalue weighted by molar-refractivity contribution is 7.91. The number of aromatic nitrogens is 2. The lowest BCUT2D eigenvalue weighted by atomic mass is 10.2. The number of anilines is 2. The summed E-state index contributed by atoms with van der Waals surface area (Å²) in [5.74, 6) is 1.55. The van der Waals surface area contributed by atoms with Crippen LogP contribution in [0, 0.1) is 0 Å². The van der Waals surface area contributed by atoms with E-state index in [1.54, 1.807) is 26.2 Å². The largest absolute Gasteiger partial charge is 0.497 e. The third-order valence-corrected chi connectivity index (χ3v) is 6.12. The first-order valence-corrected chi connectivity index (χ1v) is 10.1. The van der Waals surface area contributed by atoms with E-state index >= 15 is 0 Å². The quantitative estimate of drug-likeness (QED) is 0.663. The monoisotopic (exact) mass is 407 g/mol. The van der Waals surface area contributed by atoms with Crippen molar-refractivity contribution >= 4 is 43.8 Å². The molecule has 1 heterocycles. The summed E-state index contributed by atoms with van der Waals surface area (Å²) in [7, 11) is -0.277. The number of hydrogen-bond donors (Lipinski definition) is 1. The lowest BCUT2D eigenvalue weighted by Gasteiger charge is -2.14. The van der Waals surface area contributed by atoms with E-state index in [1.807, 2.05) is 0 Å². The summed E-state index contributed by atoms with van der Waals surface area (Å²) in [4.78, 5) is 8.71. The van der Waals surface area contributed by atoms with Crippen LogP contribution in [0.3, 0.4) is 0 Å². The van der Waals surface area contributed by atoms with Crippen LogP contribution in [-0.2, 0) is 9.84 Å². The normalized spacial score (nSPS) is 11.4. The van der Waals surface area contributed by atoms with E-state index in [1.165, 1.54) is 31.6 Å². The minimum Gasteiger partial charge on any atom is -0.497 e. The molecule has 0 atom stereocenters. The Morgan fingerprint density at radius 3 is 2.56 bits per heavy atom. The fourth-order valence-corrected chi connectivity index (χ4v) is 3.66. The van der Waals surface area contributed by atoms with Crippen LogP contribution < -0.4 is 14.8 Å². The number of ether oxygens (including phenoxy) is 2. The fourth-order valence-electron chi connectivity index (χ4n) is 2.59. The van der Waals surface area contributed by atoms with Gasteiger partial charge >= 0.3 is 0 Å². The van der Waals surface area contributed by atoms with Crippen LogP contribution in [0.15, 0.2) is 41.6 Å². The molecule has 0 fully saturated rings. The Labute approximate surface area is 162 Å². The molecule has 3 aromatic rings. The van der Waals surface area contributed by atoms with Crippen molar-refractivity contribution in [2.45, 2.75) is 11.8 Å². The molecule has 0 unspecified atom stereocenters. The molecule has 0 amide bonds. The molecule has 0 saturated carbocycles. The molecule has 2 aromatic carbocycles. The second-order valence-electron chi connectivity index (χ2n) is 5.62. The Morgan fingerprint density at radius 1 is 1.11 bits per heavy atom. The van der Waals surface area contributed by atoms with Gasteiger partial charge in [0.1, 0.15) is 23.6 Å². The lowest BCUT2D eigenvalue weighted by molar-refractivity contribution is 0.398. The molecular weight excluding hydrogens is 390 g/mol. The van der Waals surface area contributed by atoms with Gasteiger partial charge in [-0.1, -0.05) is 18.5 Å². The minimum atomic E-state index is -3.37. The van der Waals surface area contributed by atoms with E-state index in [9.17, 15) is 8.42 Å². The van der Waals surface area contributed by atoms with Crippen LogP contribution in [-0.4, -0.2) is 38.4 Å². The predicted octanol–water partition coefficient (Wildman–Crippen LogP) is 3.84. The Kier molecular flexibility index (Phi) is 5.38. The van der Waals surface area contributed by atoms with Crippen LogP contribution in [0.4, 0.5) is 11.5 Å². The maximum atomic E-state index is 12.2. The van der Waals surface area contributed by atoms with Gasteiger partial charge in [0.25, 0.3) is 0 Å². The minimum absolute atomic E-state index is 0.00186. The number of benzene rings is 2. The summed E-state index contributed by atoms with van der Waals surface area (Å²) in [6.45, 7) is 1.59. The predicted molar refractivity (Wildman–Crippen MR) is 105 cm³/mol. The second kappa shape index (κ2) is 7.58. The molecule has 7 nitrogen and oxygen atoms in total. The van der Waals surface area contributed by atoms with Crippen molar-refractivity contribution in [3.8, 4) is 11.5 Å². The van der Waals surface area contributed by atoms with Gasteiger partial charge in [-0.25, -0.2) is 18.4 Å². The van der Waals surface area contributed by atoms with Crippen molar-refractivity contribution < 1.29 is 17.9 Å². The summed E-state index contributed by atoms with van der Waals surface area (Å²) in [6.07, 6.45) is 1.39. The lowest BCUT2D eigenvalue weighted by Crippen LogP contribution is -2.05. The smallest absolute Gasteiger partial charge is 0.178 e. The Morgan fingerprint density at radius 2 is 1.89 bits per heavy atom. The van der Waals surface area contributed by atoms with Crippen LogP contribution in [0.1, 0.15) is 6.92 Å². The van der Waals surface area contributed by atoms with Gasteiger partial charge in [-0.3, -0.25) is 0 Å². The Bertz CT molecular complexity index is 1100. The molecule has 0 saturated heterocycles. The number of fused-ring (bicyclic) bond motifs is 1. The average molecular weight is 408 g/mol. The number of halogens is 1. The van der Waals surface area contributed by atoms with E-state index in [0.29, 0.717) is 38.9 Å². The number of nitrogens with one attached hydrogen (secondary N) is 1. The summed E-state index contributed by atoms with van der Waals surface area (Å²) < 4.78 is 35.0. The number of methoxy groups -OCH3 is 2. The molecule has 0 bridgehead atoms. The van der Waals surface area contributed by atoms with Crippen molar-refractivity contribution in [2.24, 2.45) is 0 Å². The molecule has 1 aromatic heterocycles. The summed E-state index contributed by atoms with van der Waals surface area (Å²) >= 11 is 6.26. The molecule has 0 spiro atoms. The SMILES string of the molecule is CCS(=O)(=O)c1ccc(Cl)c(Nc2ncnc3cc(OC)cc(OC)c23)c1.